The van der Waals surface area contributed by atoms with Gasteiger partial charge in [-0.3, -0.25) is 0 Å². The SMILES string of the molecule is CCCCCCc1ccc2c(c1)CCc1cc(-c3cc(F)c(C(F)(F)F)c(F)c3)ccc1-2. The number of unbranched alkanes of at least 4 members (excludes halogenated alkanes) is 3. The van der Waals surface area contributed by atoms with E-state index in [0.717, 1.165) is 48.1 Å². The molecule has 0 saturated heterocycles. The highest BCUT2D eigenvalue weighted by atomic mass is 19.4. The van der Waals surface area contributed by atoms with Crippen LogP contribution in [0.25, 0.3) is 22.3 Å². The highest BCUT2D eigenvalue weighted by molar-refractivity contribution is 5.77. The second kappa shape index (κ2) is 9.05. The van der Waals surface area contributed by atoms with Crippen molar-refractivity contribution < 1.29 is 22.0 Å². The maximum Gasteiger partial charge on any atom is 0.422 e. The monoisotopic (exact) mass is 444 g/mol. The number of halogens is 5. The molecule has 0 radical (unpaired) electrons. The van der Waals surface area contributed by atoms with Gasteiger partial charge in [-0.15, -0.1) is 0 Å². The maximum absolute atomic E-state index is 14.0. The Hall–Kier alpha value is -2.69. The van der Waals surface area contributed by atoms with E-state index in [1.54, 1.807) is 6.07 Å². The zero-order valence-electron chi connectivity index (χ0n) is 18.0. The molecule has 4 rings (SSSR count). The van der Waals surface area contributed by atoms with E-state index in [1.807, 2.05) is 12.1 Å². The van der Waals surface area contributed by atoms with Crippen molar-refractivity contribution in [2.75, 3.05) is 0 Å². The maximum atomic E-state index is 14.0. The third kappa shape index (κ3) is 4.57. The molecule has 3 aromatic rings. The van der Waals surface area contributed by atoms with E-state index in [1.165, 1.54) is 36.8 Å². The van der Waals surface area contributed by atoms with Crippen molar-refractivity contribution in [1.29, 1.82) is 0 Å². The molecule has 0 atom stereocenters. The average molecular weight is 444 g/mol. The number of benzene rings is 3. The topological polar surface area (TPSA) is 0 Å². The quantitative estimate of drug-likeness (QED) is 0.264. The van der Waals surface area contributed by atoms with Crippen LogP contribution < -0.4 is 0 Å². The number of rotatable bonds is 6. The summed E-state index contributed by atoms with van der Waals surface area (Å²) in [7, 11) is 0. The van der Waals surface area contributed by atoms with Gasteiger partial charge in [0.1, 0.15) is 17.2 Å². The Balaban J connectivity index is 1.61. The number of hydrogen-bond acceptors (Lipinski definition) is 0. The van der Waals surface area contributed by atoms with Crippen LogP contribution in [0.15, 0.2) is 48.5 Å². The predicted octanol–water partition coefficient (Wildman–Crippen LogP) is 8.54. The smallest absolute Gasteiger partial charge is 0.206 e. The van der Waals surface area contributed by atoms with Crippen LogP contribution in [-0.4, -0.2) is 0 Å². The minimum absolute atomic E-state index is 0.101. The molecule has 32 heavy (non-hydrogen) atoms. The van der Waals surface area contributed by atoms with Gasteiger partial charge in [-0.1, -0.05) is 62.6 Å². The first-order valence-electron chi connectivity index (χ1n) is 11.1. The van der Waals surface area contributed by atoms with Gasteiger partial charge in [-0.25, -0.2) is 8.78 Å². The number of aryl methyl sites for hydroxylation is 3. The second-order valence-corrected chi connectivity index (χ2v) is 8.49. The molecule has 0 bridgehead atoms. The van der Waals surface area contributed by atoms with Crippen LogP contribution in [0.2, 0.25) is 0 Å². The fourth-order valence-electron chi connectivity index (χ4n) is 4.55. The van der Waals surface area contributed by atoms with Crippen molar-refractivity contribution in [2.24, 2.45) is 0 Å². The fourth-order valence-corrected chi connectivity index (χ4v) is 4.55. The highest BCUT2D eigenvalue weighted by Gasteiger charge is 2.38. The number of fused-ring (bicyclic) bond motifs is 3. The lowest BCUT2D eigenvalue weighted by atomic mass is 9.83. The molecule has 5 heteroatoms. The van der Waals surface area contributed by atoms with Crippen molar-refractivity contribution in [3.05, 3.63) is 82.4 Å². The molecule has 1 aliphatic rings. The van der Waals surface area contributed by atoms with Crippen LogP contribution in [0.3, 0.4) is 0 Å². The van der Waals surface area contributed by atoms with Crippen LogP contribution in [0.4, 0.5) is 22.0 Å². The molecular weight excluding hydrogens is 419 g/mol. The van der Waals surface area contributed by atoms with E-state index in [0.29, 0.717) is 5.56 Å². The van der Waals surface area contributed by atoms with Crippen LogP contribution in [0.5, 0.6) is 0 Å². The normalized spacial score (nSPS) is 13.1. The molecule has 0 N–H and O–H groups in total. The summed E-state index contributed by atoms with van der Waals surface area (Å²) in [6.45, 7) is 2.20. The number of hydrogen-bond donors (Lipinski definition) is 0. The fraction of sp³-hybridized carbons (Fsp3) is 0.333. The van der Waals surface area contributed by atoms with Gasteiger partial charge in [-0.05, 0) is 76.8 Å². The zero-order chi connectivity index (χ0) is 22.9. The molecule has 0 aliphatic heterocycles. The highest BCUT2D eigenvalue weighted by Crippen LogP contribution is 2.39. The molecule has 0 heterocycles. The first-order valence-corrected chi connectivity index (χ1v) is 11.1. The van der Waals surface area contributed by atoms with Gasteiger partial charge in [0, 0.05) is 0 Å². The number of alkyl halides is 3. The Bertz CT molecular complexity index is 1100. The Morgan fingerprint density at radius 2 is 1.34 bits per heavy atom. The molecule has 1 aliphatic carbocycles. The third-order valence-electron chi connectivity index (χ3n) is 6.21. The summed E-state index contributed by atoms with van der Waals surface area (Å²) >= 11 is 0. The molecule has 0 fully saturated rings. The first kappa shape index (κ1) is 22.5. The molecule has 0 aromatic heterocycles. The summed E-state index contributed by atoms with van der Waals surface area (Å²) in [5, 5.41) is 0. The van der Waals surface area contributed by atoms with E-state index >= 15 is 0 Å². The van der Waals surface area contributed by atoms with Gasteiger partial charge in [0.05, 0.1) is 0 Å². The van der Waals surface area contributed by atoms with Crippen molar-refractivity contribution in [1.82, 2.24) is 0 Å². The second-order valence-electron chi connectivity index (χ2n) is 8.49. The predicted molar refractivity (Wildman–Crippen MR) is 117 cm³/mol. The standard InChI is InChI=1S/C27H25F5/c1-2-3-4-5-6-17-7-11-22-19(13-17)8-9-20-14-18(10-12-23(20)22)21-15-24(28)26(25(29)16-21)27(30,31)32/h7,10-16H,2-6,8-9H2,1H3. The van der Waals surface area contributed by atoms with E-state index in [9.17, 15) is 22.0 Å². The van der Waals surface area contributed by atoms with E-state index < -0.39 is 23.4 Å². The van der Waals surface area contributed by atoms with Crippen LogP contribution in [-0.2, 0) is 25.4 Å². The zero-order valence-corrected chi connectivity index (χ0v) is 18.0. The minimum Gasteiger partial charge on any atom is -0.206 e. The lowest BCUT2D eigenvalue weighted by molar-refractivity contribution is -0.142. The Morgan fingerprint density at radius 1 is 0.719 bits per heavy atom. The van der Waals surface area contributed by atoms with E-state index in [2.05, 4.69) is 25.1 Å². The van der Waals surface area contributed by atoms with E-state index in [-0.39, 0.29) is 5.56 Å². The average Bonchev–Trinajstić information content (AvgIpc) is 2.74. The molecule has 0 nitrogen and oxygen atoms in total. The van der Waals surface area contributed by atoms with Crippen LogP contribution in [0.1, 0.15) is 54.9 Å². The lowest BCUT2D eigenvalue weighted by Gasteiger charge is -2.22. The van der Waals surface area contributed by atoms with Crippen LogP contribution in [0, 0.1) is 11.6 Å². The summed E-state index contributed by atoms with van der Waals surface area (Å²) in [5.74, 6) is -3.19. The van der Waals surface area contributed by atoms with Gasteiger partial charge in [-0.2, -0.15) is 13.2 Å². The van der Waals surface area contributed by atoms with Crippen molar-refractivity contribution in [2.45, 2.75) is 58.0 Å². The Morgan fingerprint density at radius 3 is 1.97 bits per heavy atom. The van der Waals surface area contributed by atoms with Gasteiger partial charge in [0.15, 0.2) is 0 Å². The molecule has 0 saturated carbocycles. The molecule has 3 aromatic carbocycles. The summed E-state index contributed by atoms with van der Waals surface area (Å²) in [6.07, 6.45) is 2.55. The molecular formula is C27H25F5. The molecule has 0 unspecified atom stereocenters. The lowest BCUT2D eigenvalue weighted by Crippen LogP contribution is -2.11. The van der Waals surface area contributed by atoms with Gasteiger partial charge >= 0.3 is 6.18 Å². The van der Waals surface area contributed by atoms with Gasteiger partial charge in [0.25, 0.3) is 0 Å². The van der Waals surface area contributed by atoms with Crippen LogP contribution >= 0.6 is 0 Å². The van der Waals surface area contributed by atoms with Gasteiger partial charge in [0.2, 0.25) is 0 Å². The molecule has 0 amide bonds. The molecule has 0 spiro atoms. The van der Waals surface area contributed by atoms with Crippen molar-refractivity contribution >= 4 is 0 Å². The minimum atomic E-state index is -5.07. The van der Waals surface area contributed by atoms with E-state index in [4.69, 9.17) is 0 Å². The van der Waals surface area contributed by atoms with Crippen molar-refractivity contribution in [3.8, 4) is 22.3 Å². The Labute approximate surface area is 185 Å². The molecule has 168 valence electrons. The summed E-state index contributed by atoms with van der Waals surface area (Å²) < 4.78 is 66.7. The van der Waals surface area contributed by atoms with Gasteiger partial charge < -0.3 is 0 Å². The summed E-state index contributed by atoms with van der Waals surface area (Å²) in [4.78, 5) is 0. The Kier molecular flexibility index (Phi) is 6.36. The largest absolute Gasteiger partial charge is 0.422 e. The first-order chi connectivity index (χ1) is 15.3. The third-order valence-corrected chi connectivity index (χ3v) is 6.21. The van der Waals surface area contributed by atoms with Crippen molar-refractivity contribution in [3.63, 3.8) is 0 Å². The summed E-state index contributed by atoms with van der Waals surface area (Å²) in [5.41, 5.74) is 4.65. The summed E-state index contributed by atoms with van der Waals surface area (Å²) in [6, 6.07) is 13.5.